The molecule has 2 aliphatic rings. The maximum Gasteiger partial charge on any atom is 0.321 e. The molecule has 8 nitrogen and oxygen atoms in total. The van der Waals surface area contributed by atoms with Crippen LogP contribution in [0.15, 0.2) is 35.9 Å². The highest BCUT2D eigenvalue weighted by molar-refractivity contribution is 5.97. The van der Waals surface area contributed by atoms with Crippen molar-refractivity contribution in [1.82, 2.24) is 16.0 Å². The number of nitrogens with zero attached hydrogens (tertiary/aromatic N) is 1. The first-order valence-electron chi connectivity index (χ1n) is 11.1. The summed E-state index contributed by atoms with van der Waals surface area (Å²) in [6.45, 7) is 3.24. The number of anilines is 1. The Morgan fingerprint density at radius 3 is 2.74 bits per heavy atom. The lowest BCUT2D eigenvalue weighted by molar-refractivity contribution is -0.128. The number of carbonyl (C=O) groups excluding carboxylic acids is 3. The SMILES string of the molecule is CCCNC(=O)[C@@H]1CN(CC(=O)NC(=O)NCCC2=CCCCC2)c2ccccc2O1. The molecule has 0 radical (unpaired) electrons. The fourth-order valence-corrected chi connectivity index (χ4v) is 3.81. The van der Waals surface area contributed by atoms with E-state index < -0.39 is 18.0 Å². The second-order valence-electron chi connectivity index (χ2n) is 7.91. The number of ether oxygens (including phenoxy) is 1. The van der Waals surface area contributed by atoms with Crippen molar-refractivity contribution in [2.75, 3.05) is 31.1 Å². The number of hydrogen-bond donors (Lipinski definition) is 3. The largest absolute Gasteiger partial charge is 0.477 e. The van der Waals surface area contributed by atoms with Crippen molar-refractivity contribution in [2.24, 2.45) is 0 Å². The van der Waals surface area contributed by atoms with E-state index >= 15 is 0 Å². The molecule has 1 aliphatic carbocycles. The van der Waals surface area contributed by atoms with Gasteiger partial charge >= 0.3 is 6.03 Å². The van der Waals surface area contributed by atoms with E-state index in [4.69, 9.17) is 4.74 Å². The summed E-state index contributed by atoms with van der Waals surface area (Å²) in [6, 6.07) is 6.77. The Morgan fingerprint density at radius 2 is 1.97 bits per heavy atom. The van der Waals surface area contributed by atoms with Crippen molar-refractivity contribution in [3.63, 3.8) is 0 Å². The van der Waals surface area contributed by atoms with Gasteiger partial charge in [-0.2, -0.15) is 0 Å². The molecule has 1 heterocycles. The zero-order valence-corrected chi connectivity index (χ0v) is 18.1. The molecule has 0 spiro atoms. The first kappa shape index (κ1) is 22.7. The van der Waals surface area contributed by atoms with Crippen LogP contribution in [0.5, 0.6) is 5.75 Å². The monoisotopic (exact) mass is 428 g/mol. The summed E-state index contributed by atoms with van der Waals surface area (Å²) in [4.78, 5) is 38.7. The molecular weight excluding hydrogens is 396 g/mol. The van der Waals surface area contributed by atoms with Gasteiger partial charge in [0.25, 0.3) is 5.91 Å². The molecule has 3 N–H and O–H groups in total. The third-order valence-corrected chi connectivity index (χ3v) is 5.41. The molecule has 0 saturated carbocycles. The average molecular weight is 429 g/mol. The van der Waals surface area contributed by atoms with Crippen LogP contribution in [0, 0.1) is 0 Å². The van der Waals surface area contributed by atoms with Gasteiger partial charge in [0.15, 0.2) is 6.10 Å². The maximum atomic E-state index is 12.5. The van der Waals surface area contributed by atoms with E-state index in [0.29, 0.717) is 18.8 Å². The molecule has 0 fully saturated rings. The van der Waals surface area contributed by atoms with Crippen molar-refractivity contribution in [3.05, 3.63) is 35.9 Å². The van der Waals surface area contributed by atoms with E-state index in [2.05, 4.69) is 22.0 Å². The fraction of sp³-hybridized carbons (Fsp3) is 0.522. The van der Waals surface area contributed by atoms with Gasteiger partial charge in [0.05, 0.1) is 18.8 Å². The number of fused-ring (bicyclic) bond motifs is 1. The Morgan fingerprint density at radius 1 is 1.13 bits per heavy atom. The Kier molecular flexibility index (Phi) is 8.32. The number of nitrogens with one attached hydrogen (secondary N) is 3. The van der Waals surface area contributed by atoms with Crippen LogP contribution in [0.4, 0.5) is 10.5 Å². The summed E-state index contributed by atoms with van der Waals surface area (Å²) < 4.78 is 5.82. The second kappa shape index (κ2) is 11.4. The molecule has 1 aliphatic heterocycles. The third-order valence-electron chi connectivity index (χ3n) is 5.41. The van der Waals surface area contributed by atoms with E-state index in [9.17, 15) is 14.4 Å². The summed E-state index contributed by atoms with van der Waals surface area (Å²) in [5.41, 5.74) is 2.09. The number of para-hydroxylation sites is 2. The molecule has 168 valence electrons. The van der Waals surface area contributed by atoms with Gasteiger partial charge in [-0.1, -0.05) is 30.7 Å². The lowest BCUT2D eigenvalue weighted by atomic mass is 9.97. The van der Waals surface area contributed by atoms with Gasteiger partial charge < -0.3 is 20.3 Å². The quantitative estimate of drug-likeness (QED) is 0.553. The molecule has 1 aromatic rings. The van der Waals surface area contributed by atoms with E-state index in [1.807, 2.05) is 25.1 Å². The van der Waals surface area contributed by atoms with Crippen LogP contribution in [0.2, 0.25) is 0 Å². The van der Waals surface area contributed by atoms with Gasteiger partial charge in [0.2, 0.25) is 5.91 Å². The van der Waals surface area contributed by atoms with Crippen LogP contribution in [-0.4, -0.2) is 50.1 Å². The second-order valence-corrected chi connectivity index (χ2v) is 7.91. The zero-order chi connectivity index (χ0) is 22.1. The lowest BCUT2D eigenvalue weighted by Crippen LogP contribution is -2.52. The Labute approximate surface area is 183 Å². The molecular formula is C23H32N4O4. The number of urea groups is 1. The number of benzene rings is 1. The number of imide groups is 1. The minimum absolute atomic E-state index is 0.0451. The van der Waals surface area contributed by atoms with E-state index in [1.54, 1.807) is 11.0 Å². The molecule has 0 bridgehead atoms. The standard InChI is InChI=1S/C23H32N4O4/c1-2-13-24-22(29)20-15-27(18-10-6-7-11-19(18)31-20)16-21(28)26-23(30)25-14-12-17-8-4-3-5-9-17/h6-8,10-11,20H,2-5,9,12-16H2,1H3,(H,24,29)(H2,25,26,28,30)/t20-/m0/s1. The normalized spacial score (nSPS) is 17.6. The Hall–Kier alpha value is -3.03. The van der Waals surface area contributed by atoms with Crippen molar-refractivity contribution in [2.45, 2.75) is 51.6 Å². The molecule has 4 amide bonds. The molecule has 8 heteroatoms. The third kappa shape index (κ3) is 6.73. The summed E-state index contributed by atoms with van der Waals surface area (Å²) in [6.07, 6.45) is 7.81. The highest BCUT2D eigenvalue weighted by atomic mass is 16.5. The van der Waals surface area contributed by atoms with Crippen LogP contribution in [0.1, 0.15) is 45.4 Å². The molecule has 3 rings (SSSR count). The van der Waals surface area contributed by atoms with Crippen LogP contribution < -0.4 is 25.6 Å². The molecule has 1 atom stereocenters. The number of hydrogen-bond acceptors (Lipinski definition) is 5. The van der Waals surface area contributed by atoms with Crippen LogP contribution in [0.25, 0.3) is 0 Å². The topological polar surface area (TPSA) is 99.8 Å². The van der Waals surface area contributed by atoms with Gasteiger partial charge in [-0.3, -0.25) is 14.9 Å². The molecule has 0 unspecified atom stereocenters. The van der Waals surface area contributed by atoms with Crippen LogP contribution in [-0.2, 0) is 9.59 Å². The first-order chi connectivity index (χ1) is 15.1. The van der Waals surface area contributed by atoms with Crippen LogP contribution in [0.3, 0.4) is 0 Å². The van der Waals surface area contributed by atoms with E-state index in [1.165, 1.54) is 18.4 Å². The molecule has 31 heavy (non-hydrogen) atoms. The van der Waals surface area contributed by atoms with Crippen molar-refractivity contribution >= 4 is 23.5 Å². The van der Waals surface area contributed by atoms with Crippen molar-refractivity contribution in [3.8, 4) is 5.75 Å². The summed E-state index contributed by atoms with van der Waals surface area (Å²) in [5, 5.41) is 7.96. The van der Waals surface area contributed by atoms with Crippen molar-refractivity contribution < 1.29 is 19.1 Å². The minimum atomic E-state index is -0.716. The highest BCUT2D eigenvalue weighted by Gasteiger charge is 2.31. The summed E-state index contributed by atoms with van der Waals surface area (Å²) in [5.74, 6) is -0.0984. The minimum Gasteiger partial charge on any atom is -0.477 e. The number of carbonyl (C=O) groups is 3. The van der Waals surface area contributed by atoms with Gasteiger partial charge in [-0.15, -0.1) is 0 Å². The summed E-state index contributed by atoms with van der Waals surface area (Å²) in [7, 11) is 0. The highest BCUT2D eigenvalue weighted by Crippen LogP contribution is 2.32. The Bertz CT molecular complexity index is 824. The maximum absolute atomic E-state index is 12.5. The molecule has 1 aromatic carbocycles. The number of rotatable bonds is 8. The fourth-order valence-electron chi connectivity index (χ4n) is 3.81. The number of allylic oxidation sites excluding steroid dienone is 1. The predicted octanol–water partition coefficient (Wildman–Crippen LogP) is 2.50. The van der Waals surface area contributed by atoms with Gasteiger partial charge in [-0.25, -0.2) is 4.79 Å². The van der Waals surface area contributed by atoms with Gasteiger partial charge in [-0.05, 0) is 50.7 Å². The zero-order valence-electron chi connectivity index (χ0n) is 18.1. The summed E-state index contributed by atoms with van der Waals surface area (Å²) >= 11 is 0. The van der Waals surface area contributed by atoms with Gasteiger partial charge in [0.1, 0.15) is 5.75 Å². The molecule has 0 aromatic heterocycles. The van der Waals surface area contributed by atoms with E-state index in [0.717, 1.165) is 31.4 Å². The van der Waals surface area contributed by atoms with Crippen LogP contribution >= 0.6 is 0 Å². The smallest absolute Gasteiger partial charge is 0.321 e. The lowest BCUT2D eigenvalue weighted by Gasteiger charge is -2.35. The first-order valence-corrected chi connectivity index (χ1v) is 11.1. The van der Waals surface area contributed by atoms with Crippen molar-refractivity contribution in [1.29, 1.82) is 0 Å². The van der Waals surface area contributed by atoms with E-state index in [-0.39, 0.29) is 19.0 Å². The number of amides is 4. The average Bonchev–Trinajstić information content (AvgIpc) is 2.78. The predicted molar refractivity (Wildman–Crippen MR) is 119 cm³/mol. The molecule has 0 saturated heterocycles. The van der Waals surface area contributed by atoms with Gasteiger partial charge in [0, 0.05) is 13.1 Å². The Balaban J connectivity index is 1.51.